The highest BCUT2D eigenvalue weighted by Gasteiger charge is 2.54. The van der Waals surface area contributed by atoms with Gasteiger partial charge in [0.15, 0.2) is 24.3 Å². The number of carbonyl (C=O) groups is 1. The lowest BCUT2D eigenvalue weighted by Crippen LogP contribution is -2.67. The topological polar surface area (TPSA) is 364 Å². The van der Waals surface area contributed by atoms with Crippen LogP contribution in [-0.4, -0.2) is 158 Å². The second kappa shape index (κ2) is 14.0. The molecule has 19 heteroatoms. The summed E-state index contributed by atoms with van der Waals surface area (Å²) in [6.45, 7) is -0.883. The molecule has 0 aromatic rings. The smallest absolute Gasteiger partial charge is 0.186 e. The molecule has 0 aromatic carbocycles. The minimum Gasteiger partial charge on any atom is -0.394 e. The van der Waals surface area contributed by atoms with Crippen molar-refractivity contribution in [1.82, 2.24) is 0 Å². The van der Waals surface area contributed by atoms with Crippen LogP contribution in [0.3, 0.4) is 0 Å². The number of aliphatic hydroxyl groups is 7. The fourth-order valence-corrected chi connectivity index (χ4v) is 6.44. The number of carbonyl (C=O) groups excluding carboxylic acids is 1. The highest BCUT2D eigenvalue weighted by molar-refractivity contribution is 5.88. The van der Waals surface area contributed by atoms with Crippen molar-refractivity contribution in [2.45, 2.75) is 123 Å². The number of nitrogens with two attached hydrogens (primary N) is 6. The lowest BCUT2D eigenvalue weighted by atomic mass is 9.69. The Morgan fingerprint density at radius 1 is 0.864 bits per heavy atom. The maximum atomic E-state index is 13.1. The van der Waals surface area contributed by atoms with Crippen LogP contribution in [0.2, 0.25) is 0 Å². The number of guanidine groups is 1. The lowest BCUT2D eigenvalue weighted by Gasteiger charge is -2.49. The zero-order valence-corrected chi connectivity index (χ0v) is 24.1. The Hall–Kier alpha value is -1.66. The van der Waals surface area contributed by atoms with Crippen LogP contribution in [0.4, 0.5) is 0 Å². The van der Waals surface area contributed by atoms with E-state index in [1.807, 2.05) is 0 Å². The summed E-state index contributed by atoms with van der Waals surface area (Å²) < 4.78 is 23.3. The number of rotatable bonds is 10. The van der Waals surface area contributed by atoms with E-state index in [9.17, 15) is 40.5 Å². The highest BCUT2D eigenvalue weighted by Crippen LogP contribution is 2.39. The predicted molar refractivity (Wildman–Crippen MR) is 149 cm³/mol. The van der Waals surface area contributed by atoms with E-state index in [0.29, 0.717) is 0 Å². The first-order valence-corrected chi connectivity index (χ1v) is 14.6. The number of aliphatic imine (C=N–C) groups is 1. The van der Waals surface area contributed by atoms with Crippen LogP contribution in [0.25, 0.3) is 0 Å². The fourth-order valence-electron chi connectivity index (χ4n) is 6.44. The first kappa shape index (κ1) is 35.2. The SMILES string of the molecule is NC[C@H]1O[C@H](OC2[C@@H](N)C[C@@H](CC(=O)C3(O)CC(N)C3)[C@H](O[C@H]3O[C@H](CO)[C@@H](O)[C@H](N)[C@H]3O)[C@H]2O)[C@H](N=C(N)N)[C@@H](O)[C@@H]1O. The van der Waals surface area contributed by atoms with E-state index in [0.717, 1.165) is 0 Å². The number of Topliss-reactive ketones (excluding diaryl/α,β-unsaturated/α-hetero) is 1. The average molecular weight is 638 g/mol. The van der Waals surface area contributed by atoms with E-state index in [4.69, 9.17) is 53.3 Å². The molecule has 19 nitrogen and oxygen atoms in total. The largest absolute Gasteiger partial charge is 0.394 e. The van der Waals surface area contributed by atoms with Crippen LogP contribution in [0, 0.1) is 5.92 Å². The van der Waals surface area contributed by atoms with Crippen molar-refractivity contribution in [1.29, 1.82) is 0 Å². The Labute approximate surface area is 253 Å². The molecule has 2 saturated heterocycles. The van der Waals surface area contributed by atoms with Crippen molar-refractivity contribution >= 4 is 11.7 Å². The third kappa shape index (κ3) is 7.01. The van der Waals surface area contributed by atoms with Crippen LogP contribution < -0.4 is 34.4 Å². The number of hydrogen-bond donors (Lipinski definition) is 13. The molecule has 0 spiro atoms. The maximum Gasteiger partial charge on any atom is 0.186 e. The summed E-state index contributed by atoms with van der Waals surface area (Å²) in [6, 6.07) is -3.99. The molecule has 0 aromatic heterocycles. The molecule has 1 unspecified atom stereocenters. The van der Waals surface area contributed by atoms with Gasteiger partial charge in [0.1, 0.15) is 60.5 Å². The molecule has 2 heterocycles. The molecule has 4 fully saturated rings. The first-order valence-electron chi connectivity index (χ1n) is 14.6. The summed E-state index contributed by atoms with van der Waals surface area (Å²) in [5.41, 5.74) is 33.2. The first-order chi connectivity index (χ1) is 20.6. The Bertz CT molecular complexity index is 1020. The van der Waals surface area contributed by atoms with Gasteiger partial charge in [-0.2, -0.15) is 0 Å². The minimum atomic E-state index is -1.66. The van der Waals surface area contributed by atoms with E-state index in [-0.39, 0.29) is 38.3 Å². The zero-order valence-electron chi connectivity index (χ0n) is 24.1. The van der Waals surface area contributed by atoms with Crippen LogP contribution >= 0.6 is 0 Å². The van der Waals surface area contributed by atoms with Gasteiger partial charge < -0.3 is 89.1 Å². The molecule has 2 aliphatic heterocycles. The van der Waals surface area contributed by atoms with Crippen molar-refractivity contribution in [3.8, 4) is 0 Å². The summed E-state index contributed by atoms with van der Waals surface area (Å²) in [4.78, 5) is 17.1. The van der Waals surface area contributed by atoms with Gasteiger partial charge in [-0.25, -0.2) is 4.99 Å². The van der Waals surface area contributed by atoms with Crippen molar-refractivity contribution in [2.24, 2.45) is 45.3 Å². The molecule has 4 rings (SSSR count). The predicted octanol–water partition coefficient (Wildman–Crippen LogP) is -7.91. The molecular weight excluding hydrogens is 590 g/mol. The van der Waals surface area contributed by atoms with Crippen molar-refractivity contribution in [2.75, 3.05) is 13.2 Å². The average Bonchev–Trinajstić information content (AvgIpc) is 2.95. The molecule has 4 aliphatic rings. The van der Waals surface area contributed by atoms with Gasteiger partial charge in [0, 0.05) is 25.0 Å². The third-order valence-electron chi connectivity index (χ3n) is 9.02. The molecular formula is C25H47N7O12. The van der Waals surface area contributed by atoms with Crippen LogP contribution in [0.1, 0.15) is 25.7 Å². The third-order valence-corrected chi connectivity index (χ3v) is 9.02. The number of ketones is 1. The van der Waals surface area contributed by atoms with Crippen molar-refractivity contribution in [3.05, 3.63) is 0 Å². The Kier molecular flexibility index (Phi) is 11.2. The Morgan fingerprint density at radius 3 is 2.05 bits per heavy atom. The molecule has 2 saturated carbocycles. The highest BCUT2D eigenvalue weighted by atomic mass is 16.7. The van der Waals surface area contributed by atoms with Crippen LogP contribution in [0.15, 0.2) is 4.99 Å². The minimum absolute atomic E-state index is 0.0215. The van der Waals surface area contributed by atoms with E-state index in [1.165, 1.54) is 0 Å². The number of aliphatic hydroxyl groups excluding tert-OH is 6. The van der Waals surface area contributed by atoms with Gasteiger partial charge in [0.2, 0.25) is 0 Å². The second-order valence-electron chi connectivity index (χ2n) is 12.3. The van der Waals surface area contributed by atoms with Gasteiger partial charge in [0.25, 0.3) is 0 Å². The van der Waals surface area contributed by atoms with Gasteiger partial charge in [-0.1, -0.05) is 0 Å². The second-order valence-corrected chi connectivity index (χ2v) is 12.3. The lowest BCUT2D eigenvalue weighted by molar-refractivity contribution is -0.323. The fraction of sp³-hybridized carbons (Fsp3) is 0.920. The molecule has 254 valence electrons. The maximum absolute atomic E-state index is 13.1. The number of ether oxygens (including phenoxy) is 4. The molecule has 0 amide bonds. The molecule has 44 heavy (non-hydrogen) atoms. The molecule has 0 bridgehead atoms. The van der Waals surface area contributed by atoms with E-state index in [2.05, 4.69) is 4.99 Å². The van der Waals surface area contributed by atoms with Crippen molar-refractivity contribution in [3.63, 3.8) is 0 Å². The Morgan fingerprint density at radius 2 is 1.48 bits per heavy atom. The monoisotopic (exact) mass is 637 g/mol. The summed E-state index contributed by atoms with van der Waals surface area (Å²) in [7, 11) is 0. The van der Waals surface area contributed by atoms with Gasteiger partial charge in [0.05, 0.1) is 18.8 Å². The normalized spacial score (nSPS) is 49.6. The zero-order chi connectivity index (χ0) is 32.7. The van der Waals surface area contributed by atoms with Gasteiger partial charge in [-0.05, 0) is 25.2 Å². The summed E-state index contributed by atoms with van der Waals surface area (Å²) in [5, 5.41) is 74.1. The molecule has 15 atom stereocenters. The van der Waals surface area contributed by atoms with E-state index in [1.54, 1.807) is 0 Å². The van der Waals surface area contributed by atoms with Gasteiger partial charge in [-0.3, -0.25) is 4.79 Å². The quantitative estimate of drug-likeness (QED) is 0.0780. The van der Waals surface area contributed by atoms with Crippen LogP contribution in [0.5, 0.6) is 0 Å². The standard InChI is InChI=1S/C25H47N7O12/c26-5-10-16(36)18(38)14(32-24(30)31)22(41-10)44-21-9(28)1-7(2-12(34)25(40)3-8(27)4-25)20(19(21)39)43-23-17(37)13(29)15(35)11(6-33)42-23/h7-11,13-23,33,35-40H,1-6,26-29H2,(H4,30,31,32)/t7-,8?,9-,10+,11+,13-,14+,15+,16+,17+,18+,19+,20-,21?,22+,23+,25?/m0/s1. The molecule has 2 aliphatic carbocycles. The molecule has 19 N–H and O–H groups in total. The Balaban J connectivity index is 1.61. The molecule has 0 radical (unpaired) electrons. The number of nitrogens with zero attached hydrogens (tertiary/aromatic N) is 1. The summed E-state index contributed by atoms with van der Waals surface area (Å²) in [5.74, 6) is -1.86. The van der Waals surface area contributed by atoms with Gasteiger partial charge >= 0.3 is 0 Å². The van der Waals surface area contributed by atoms with Crippen molar-refractivity contribution < 1.29 is 59.5 Å². The van der Waals surface area contributed by atoms with Crippen LogP contribution in [-0.2, 0) is 23.7 Å². The summed E-state index contributed by atoms with van der Waals surface area (Å²) >= 11 is 0. The van der Waals surface area contributed by atoms with E-state index < -0.39 is 116 Å². The number of hydrogen-bond acceptors (Lipinski definition) is 17. The summed E-state index contributed by atoms with van der Waals surface area (Å²) in [6.07, 6.45) is -16.0. The van der Waals surface area contributed by atoms with Gasteiger partial charge in [-0.15, -0.1) is 0 Å². The van der Waals surface area contributed by atoms with E-state index >= 15 is 0 Å².